The molecule has 134 valence electrons. The van der Waals surface area contributed by atoms with Crippen LogP contribution in [0.1, 0.15) is 16.1 Å². The Kier molecular flexibility index (Phi) is 5.96. The number of hydrogen-bond acceptors (Lipinski definition) is 5. The van der Waals surface area contributed by atoms with E-state index < -0.39 is 0 Å². The lowest BCUT2D eigenvalue weighted by Crippen LogP contribution is -2.27. The molecule has 2 aromatic heterocycles. The van der Waals surface area contributed by atoms with E-state index in [1.165, 1.54) is 11.3 Å². The standard InChI is InChI=1S/C20H21N3O2S/c1-14-18(26-20(23-14)17-8-3-4-10-21-17)13-19(24)22-11-9-15-6-5-7-16(12-15)25-2/h3-8,10,12H,9,11,13H2,1-2H3,(H,22,24). The first kappa shape index (κ1) is 18.1. The number of pyridine rings is 1. The van der Waals surface area contributed by atoms with Crippen LogP contribution in [0.4, 0.5) is 0 Å². The van der Waals surface area contributed by atoms with E-state index in [4.69, 9.17) is 4.74 Å². The summed E-state index contributed by atoms with van der Waals surface area (Å²) < 4.78 is 5.22. The molecule has 2 heterocycles. The molecule has 0 fully saturated rings. The second-order valence-corrected chi connectivity index (χ2v) is 6.95. The van der Waals surface area contributed by atoms with E-state index in [1.54, 1.807) is 13.3 Å². The number of carbonyl (C=O) groups is 1. The smallest absolute Gasteiger partial charge is 0.225 e. The van der Waals surface area contributed by atoms with Crippen LogP contribution < -0.4 is 10.1 Å². The van der Waals surface area contributed by atoms with Crippen molar-refractivity contribution in [3.05, 3.63) is 64.8 Å². The highest BCUT2D eigenvalue weighted by Gasteiger charge is 2.13. The molecule has 3 aromatic rings. The number of nitrogens with one attached hydrogen (secondary N) is 1. The van der Waals surface area contributed by atoms with Crippen molar-refractivity contribution in [2.75, 3.05) is 13.7 Å². The zero-order chi connectivity index (χ0) is 18.4. The van der Waals surface area contributed by atoms with Gasteiger partial charge in [0.05, 0.1) is 24.9 Å². The zero-order valence-corrected chi connectivity index (χ0v) is 15.7. The average molecular weight is 367 g/mol. The number of hydrogen-bond donors (Lipinski definition) is 1. The summed E-state index contributed by atoms with van der Waals surface area (Å²) in [4.78, 5) is 22.1. The minimum atomic E-state index is 0.00668. The van der Waals surface area contributed by atoms with Crippen LogP contribution in [0.15, 0.2) is 48.7 Å². The van der Waals surface area contributed by atoms with Crippen LogP contribution in [0.25, 0.3) is 10.7 Å². The Hall–Kier alpha value is -2.73. The number of ether oxygens (including phenoxy) is 1. The van der Waals surface area contributed by atoms with Gasteiger partial charge in [0.25, 0.3) is 0 Å². The molecular formula is C20H21N3O2S. The SMILES string of the molecule is COc1cccc(CCNC(=O)Cc2sc(-c3ccccn3)nc2C)c1. The summed E-state index contributed by atoms with van der Waals surface area (Å²) in [6.07, 6.45) is 2.86. The molecule has 0 spiro atoms. The summed E-state index contributed by atoms with van der Waals surface area (Å²) >= 11 is 1.52. The summed E-state index contributed by atoms with van der Waals surface area (Å²) in [5.41, 5.74) is 2.86. The minimum absolute atomic E-state index is 0.00668. The monoisotopic (exact) mass is 367 g/mol. The second kappa shape index (κ2) is 8.58. The van der Waals surface area contributed by atoms with E-state index in [2.05, 4.69) is 15.3 Å². The van der Waals surface area contributed by atoms with Crippen LogP contribution in [-0.2, 0) is 17.6 Å². The lowest BCUT2D eigenvalue weighted by molar-refractivity contribution is -0.120. The molecule has 0 radical (unpaired) electrons. The fourth-order valence-electron chi connectivity index (χ4n) is 2.57. The third kappa shape index (κ3) is 4.67. The average Bonchev–Trinajstić information content (AvgIpc) is 3.03. The summed E-state index contributed by atoms with van der Waals surface area (Å²) in [7, 11) is 1.65. The topological polar surface area (TPSA) is 64.1 Å². The molecule has 0 atom stereocenters. The summed E-state index contributed by atoms with van der Waals surface area (Å²) in [6, 6.07) is 13.6. The number of thiazole rings is 1. The minimum Gasteiger partial charge on any atom is -0.497 e. The van der Waals surface area contributed by atoms with Crippen LogP contribution in [0.2, 0.25) is 0 Å². The van der Waals surface area contributed by atoms with Gasteiger partial charge in [-0.3, -0.25) is 9.78 Å². The van der Waals surface area contributed by atoms with Gasteiger partial charge in [-0.05, 0) is 43.2 Å². The fourth-order valence-corrected chi connectivity index (χ4v) is 3.61. The molecule has 6 heteroatoms. The first-order chi connectivity index (χ1) is 12.7. The Morgan fingerprint density at radius 2 is 2.12 bits per heavy atom. The van der Waals surface area contributed by atoms with Gasteiger partial charge in [0.15, 0.2) is 0 Å². The van der Waals surface area contributed by atoms with E-state index in [-0.39, 0.29) is 5.91 Å². The van der Waals surface area contributed by atoms with Gasteiger partial charge in [0, 0.05) is 17.6 Å². The number of rotatable bonds is 7. The normalized spacial score (nSPS) is 10.5. The van der Waals surface area contributed by atoms with E-state index in [9.17, 15) is 4.79 Å². The predicted octanol–water partition coefficient (Wildman–Crippen LogP) is 3.42. The van der Waals surface area contributed by atoms with Crippen LogP contribution in [0, 0.1) is 6.92 Å². The number of aromatic nitrogens is 2. The Morgan fingerprint density at radius 3 is 2.88 bits per heavy atom. The van der Waals surface area contributed by atoms with Crippen molar-refractivity contribution in [3.8, 4) is 16.5 Å². The molecule has 0 saturated carbocycles. The lowest BCUT2D eigenvalue weighted by Gasteiger charge is -2.06. The molecule has 1 aromatic carbocycles. The van der Waals surface area contributed by atoms with Gasteiger partial charge in [0.1, 0.15) is 10.8 Å². The van der Waals surface area contributed by atoms with Crippen LogP contribution in [-0.4, -0.2) is 29.5 Å². The first-order valence-corrected chi connectivity index (χ1v) is 9.24. The quantitative estimate of drug-likeness (QED) is 0.695. The van der Waals surface area contributed by atoms with Crippen LogP contribution >= 0.6 is 11.3 Å². The third-order valence-electron chi connectivity index (χ3n) is 3.97. The highest BCUT2D eigenvalue weighted by Crippen LogP contribution is 2.26. The molecule has 1 N–H and O–H groups in total. The maximum atomic E-state index is 12.3. The Morgan fingerprint density at radius 1 is 1.23 bits per heavy atom. The summed E-state index contributed by atoms with van der Waals surface area (Å²) in [5, 5.41) is 3.83. The third-order valence-corrected chi connectivity index (χ3v) is 5.15. The first-order valence-electron chi connectivity index (χ1n) is 8.43. The van der Waals surface area contributed by atoms with Crippen molar-refractivity contribution in [3.63, 3.8) is 0 Å². The number of carbonyl (C=O) groups excluding carboxylic acids is 1. The van der Waals surface area contributed by atoms with Crippen molar-refractivity contribution in [2.45, 2.75) is 19.8 Å². The van der Waals surface area contributed by atoms with Crippen molar-refractivity contribution >= 4 is 17.2 Å². The second-order valence-electron chi connectivity index (χ2n) is 5.87. The molecule has 1 amide bonds. The Bertz CT molecular complexity index is 878. The highest BCUT2D eigenvalue weighted by atomic mass is 32.1. The van der Waals surface area contributed by atoms with E-state index >= 15 is 0 Å². The van der Waals surface area contributed by atoms with Crippen molar-refractivity contribution in [1.29, 1.82) is 0 Å². The van der Waals surface area contributed by atoms with Gasteiger partial charge in [-0.25, -0.2) is 4.98 Å². The molecule has 3 rings (SSSR count). The van der Waals surface area contributed by atoms with Crippen LogP contribution in [0.3, 0.4) is 0 Å². The van der Waals surface area contributed by atoms with Gasteiger partial charge >= 0.3 is 0 Å². The molecule has 0 bridgehead atoms. The van der Waals surface area contributed by atoms with Gasteiger partial charge in [-0.1, -0.05) is 18.2 Å². The van der Waals surface area contributed by atoms with E-state index in [0.29, 0.717) is 13.0 Å². The maximum Gasteiger partial charge on any atom is 0.225 e. The van der Waals surface area contributed by atoms with E-state index in [0.717, 1.165) is 39.0 Å². The molecular weight excluding hydrogens is 346 g/mol. The Labute approximate surface area is 157 Å². The lowest BCUT2D eigenvalue weighted by atomic mass is 10.1. The number of amides is 1. The number of benzene rings is 1. The highest BCUT2D eigenvalue weighted by molar-refractivity contribution is 7.15. The Balaban J connectivity index is 1.54. The van der Waals surface area contributed by atoms with Crippen molar-refractivity contribution in [2.24, 2.45) is 0 Å². The molecule has 0 unspecified atom stereocenters. The van der Waals surface area contributed by atoms with Gasteiger partial charge in [0.2, 0.25) is 5.91 Å². The van der Waals surface area contributed by atoms with Crippen molar-refractivity contribution in [1.82, 2.24) is 15.3 Å². The van der Waals surface area contributed by atoms with Crippen LogP contribution in [0.5, 0.6) is 5.75 Å². The largest absolute Gasteiger partial charge is 0.497 e. The molecule has 0 aliphatic rings. The van der Waals surface area contributed by atoms with E-state index in [1.807, 2.05) is 49.4 Å². The molecule has 0 aliphatic carbocycles. The maximum absolute atomic E-state index is 12.3. The molecule has 5 nitrogen and oxygen atoms in total. The zero-order valence-electron chi connectivity index (χ0n) is 14.9. The molecule has 26 heavy (non-hydrogen) atoms. The summed E-state index contributed by atoms with van der Waals surface area (Å²) in [5.74, 6) is 0.836. The molecule has 0 aliphatic heterocycles. The van der Waals surface area contributed by atoms with Gasteiger partial charge in [-0.2, -0.15) is 0 Å². The number of aryl methyl sites for hydroxylation is 1. The van der Waals surface area contributed by atoms with Gasteiger partial charge < -0.3 is 10.1 Å². The predicted molar refractivity (Wildman–Crippen MR) is 103 cm³/mol. The molecule has 0 saturated heterocycles. The van der Waals surface area contributed by atoms with Crippen molar-refractivity contribution < 1.29 is 9.53 Å². The number of nitrogens with zero attached hydrogens (tertiary/aromatic N) is 2. The summed E-state index contributed by atoms with van der Waals surface area (Å²) in [6.45, 7) is 2.53. The fraction of sp³-hybridized carbons (Fsp3) is 0.250. The number of methoxy groups -OCH3 is 1. The van der Waals surface area contributed by atoms with Gasteiger partial charge in [-0.15, -0.1) is 11.3 Å².